The van der Waals surface area contributed by atoms with Crippen molar-refractivity contribution in [3.63, 3.8) is 0 Å². The molecule has 3 nitrogen and oxygen atoms in total. The number of pyridine rings is 1. The van der Waals surface area contributed by atoms with Crippen molar-refractivity contribution in [2.75, 3.05) is 24.2 Å². The molecule has 0 aliphatic rings. The Morgan fingerprint density at radius 1 is 1.50 bits per heavy atom. The fourth-order valence-electron chi connectivity index (χ4n) is 1.34. The molecule has 1 aromatic rings. The Morgan fingerprint density at radius 2 is 2.21 bits per heavy atom. The maximum atomic E-state index is 5.62. The predicted molar refractivity (Wildman–Crippen MR) is 61.4 cm³/mol. The van der Waals surface area contributed by atoms with Crippen LogP contribution in [0.15, 0.2) is 18.2 Å². The molecule has 1 aromatic heterocycles. The molecule has 0 aliphatic heterocycles. The minimum Gasteiger partial charge on any atom is -0.384 e. The lowest BCUT2D eigenvalue weighted by atomic mass is 10.1. The fraction of sp³-hybridized carbons (Fsp3) is 0.545. The number of hydrogen-bond donors (Lipinski definition) is 1. The highest BCUT2D eigenvalue weighted by molar-refractivity contribution is 5.43. The third kappa shape index (κ3) is 2.91. The van der Waals surface area contributed by atoms with E-state index in [-0.39, 0.29) is 0 Å². The Hall–Kier alpha value is -1.25. The molecule has 14 heavy (non-hydrogen) atoms. The summed E-state index contributed by atoms with van der Waals surface area (Å²) in [6.07, 6.45) is 1.19. The minimum absolute atomic E-state index is 0.582. The van der Waals surface area contributed by atoms with Crippen molar-refractivity contribution in [2.45, 2.75) is 20.3 Å². The van der Waals surface area contributed by atoms with Gasteiger partial charge in [0, 0.05) is 13.6 Å². The number of nitrogens with two attached hydrogens (primary N) is 1. The zero-order valence-corrected chi connectivity index (χ0v) is 9.20. The molecule has 0 radical (unpaired) electrons. The van der Waals surface area contributed by atoms with Crippen LogP contribution < -0.4 is 10.6 Å². The molecule has 78 valence electrons. The standard InChI is InChI=1S/C11H19N3/c1-4-9(2)8-14(3)11-7-5-6-10(12)13-11/h5-7,9H,4,8H2,1-3H3,(H2,12,13). The molecule has 1 rings (SSSR count). The smallest absolute Gasteiger partial charge is 0.130 e. The highest BCUT2D eigenvalue weighted by Gasteiger charge is 2.06. The van der Waals surface area contributed by atoms with Crippen molar-refractivity contribution >= 4 is 11.6 Å². The molecular formula is C11H19N3. The molecule has 1 atom stereocenters. The number of aromatic nitrogens is 1. The number of rotatable bonds is 4. The Balaban J connectivity index is 2.64. The van der Waals surface area contributed by atoms with E-state index >= 15 is 0 Å². The second-order valence-corrected chi connectivity index (χ2v) is 3.81. The van der Waals surface area contributed by atoms with Gasteiger partial charge in [-0.3, -0.25) is 0 Å². The Bertz CT molecular complexity index is 286. The van der Waals surface area contributed by atoms with E-state index in [2.05, 4.69) is 23.7 Å². The highest BCUT2D eigenvalue weighted by Crippen LogP contribution is 2.13. The molecule has 2 N–H and O–H groups in total. The summed E-state index contributed by atoms with van der Waals surface area (Å²) in [5.41, 5.74) is 5.62. The normalized spacial score (nSPS) is 12.5. The Morgan fingerprint density at radius 3 is 2.79 bits per heavy atom. The summed E-state index contributed by atoms with van der Waals surface area (Å²) >= 11 is 0. The summed E-state index contributed by atoms with van der Waals surface area (Å²) in [5, 5.41) is 0. The van der Waals surface area contributed by atoms with E-state index in [1.807, 2.05) is 19.2 Å². The van der Waals surface area contributed by atoms with Crippen LogP contribution in [0.2, 0.25) is 0 Å². The maximum absolute atomic E-state index is 5.62. The molecular weight excluding hydrogens is 174 g/mol. The van der Waals surface area contributed by atoms with E-state index in [1.54, 1.807) is 6.07 Å². The van der Waals surface area contributed by atoms with E-state index in [9.17, 15) is 0 Å². The van der Waals surface area contributed by atoms with Crippen LogP contribution in [0.5, 0.6) is 0 Å². The zero-order valence-electron chi connectivity index (χ0n) is 9.20. The first-order chi connectivity index (χ1) is 6.63. The van der Waals surface area contributed by atoms with Gasteiger partial charge in [0.15, 0.2) is 0 Å². The first-order valence-electron chi connectivity index (χ1n) is 5.07. The van der Waals surface area contributed by atoms with Gasteiger partial charge in [-0.1, -0.05) is 26.3 Å². The largest absolute Gasteiger partial charge is 0.384 e. The quantitative estimate of drug-likeness (QED) is 0.796. The molecule has 3 heteroatoms. The van der Waals surface area contributed by atoms with Gasteiger partial charge in [-0.05, 0) is 18.1 Å². The van der Waals surface area contributed by atoms with Crippen molar-refractivity contribution in [3.05, 3.63) is 18.2 Å². The van der Waals surface area contributed by atoms with Crippen LogP contribution in [0, 0.1) is 5.92 Å². The van der Waals surface area contributed by atoms with Crippen LogP contribution >= 0.6 is 0 Å². The predicted octanol–water partition coefficient (Wildman–Crippen LogP) is 2.15. The molecule has 0 saturated carbocycles. The highest BCUT2D eigenvalue weighted by atomic mass is 15.2. The summed E-state index contributed by atoms with van der Waals surface area (Å²) in [6, 6.07) is 5.73. The lowest BCUT2D eigenvalue weighted by molar-refractivity contribution is 0.558. The molecule has 1 heterocycles. The Kier molecular flexibility index (Phi) is 3.74. The maximum Gasteiger partial charge on any atom is 0.130 e. The Labute approximate surface area is 85.9 Å². The fourth-order valence-corrected chi connectivity index (χ4v) is 1.34. The van der Waals surface area contributed by atoms with Crippen LogP contribution in [0.1, 0.15) is 20.3 Å². The minimum atomic E-state index is 0.582. The van der Waals surface area contributed by atoms with Crippen molar-refractivity contribution in [2.24, 2.45) is 5.92 Å². The van der Waals surface area contributed by atoms with E-state index in [4.69, 9.17) is 5.73 Å². The average molecular weight is 193 g/mol. The molecule has 1 unspecified atom stereocenters. The summed E-state index contributed by atoms with van der Waals surface area (Å²) < 4.78 is 0. The zero-order chi connectivity index (χ0) is 10.6. The van der Waals surface area contributed by atoms with Gasteiger partial charge in [-0.15, -0.1) is 0 Å². The number of nitrogen functional groups attached to an aromatic ring is 1. The number of nitrogens with zero attached hydrogens (tertiary/aromatic N) is 2. The lowest BCUT2D eigenvalue weighted by Gasteiger charge is -2.21. The lowest BCUT2D eigenvalue weighted by Crippen LogP contribution is -2.24. The average Bonchev–Trinajstić information content (AvgIpc) is 2.17. The molecule has 0 aromatic carbocycles. The van der Waals surface area contributed by atoms with Crippen molar-refractivity contribution < 1.29 is 0 Å². The molecule has 0 bridgehead atoms. The summed E-state index contributed by atoms with van der Waals surface area (Å²) in [6.45, 7) is 5.46. The number of anilines is 2. The van der Waals surface area contributed by atoms with Gasteiger partial charge in [0.2, 0.25) is 0 Å². The van der Waals surface area contributed by atoms with Crippen molar-refractivity contribution in [1.29, 1.82) is 0 Å². The van der Waals surface area contributed by atoms with Crippen LogP contribution in [-0.4, -0.2) is 18.6 Å². The molecule has 0 fully saturated rings. The second-order valence-electron chi connectivity index (χ2n) is 3.81. The molecule has 0 aliphatic carbocycles. The van der Waals surface area contributed by atoms with Gasteiger partial charge in [-0.25, -0.2) is 4.98 Å². The van der Waals surface area contributed by atoms with E-state index < -0.39 is 0 Å². The molecule has 0 spiro atoms. The van der Waals surface area contributed by atoms with Crippen LogP contribution in [-0.2, 0) is 0 Å². The van der Waals surface area contributed by atoms with E-state index in [1.165, 1.54) is 6.42 Å². The van der Waals surface area contributed by atoms with Crippen molar-refractivity contribution in [3.8, 4) is 0 Å². The van der Waals surface area contributed by atoms with E-state index in [0.29, 0.717) is 11.7 Å². The number of hydrogen-bond acceptors (Lipinski definition) is 3. The van der Waals surface area contributed by atoms with E-state index in [0.717, 1.165) is 12.4 Å². The molecule has 0 amide bonds. The summed E-state index contributed by atoms with van der Waals surface area (Å²) in [5.74, 6) is 2.21. The van der Waals surface area contributed by atoms with Crippen LogP contribution in [0.25, 0.3) is 0 Å². The van der Waals surface area contributed by atoms with Gasteiger partial charge < -0.3 is 10.6 Å². The summed E-state index contributed by atoms with van der Waals surface area (Å²) in [7, 11) is 2.05. The molecule has 0 saturated heterocycles. The summed E-state index contributed by atoms with van der Waals surface area (Å²) in [4.78, 5) is 6.41. The van der Waals surface area contributed by atoms with Gasteiger partial charge >= 0.3 is 0 Å². The van der Waals surface area contributed by atoms with Gasteiger partial charge in [-0.2, -0.15) is 0 Å². The van der Waals surface area contributed by atoms with Gasteiger partial charge in [0.25, 0.3) is 0 Å². The van der Waals surface area contributed by atoms with Gasteiger partial charge in [0.05, 0.1) is 0 Å². The third-order valence-corrected chi connectivity index (χ3v) is 2.43. The van der Waals surface area contributed by atoms with Crippen molar-refractivity contribution in [1.82, 2.24) is 4.98 Å². The topological polar surface area (TPSA) is 42.1 Å². The van der Waals surface area contributed by atoms with Crippen LogP contribution in [0.3, 0.4) is 0 Å². The van der Waals surface area contributed by atoms with Crippen LogP contribution in [0.4, 0.5) is 11.6 Å². The third-order valence-electron chi connectivity index (χ3n) is 2.43. The monoisotopic (exact) mass is 193 g/mol. The SMILES string of the molecule is CCC(C)CN(C)c1cccc(N)n1. The first kappa shape index (κ1) is 10.8. The second kappa shape index (κ2) is 4.84. The van der Waals surface area contributed by atoms with Gasteiger partial charge in [0.1, 0.15) is 11.6 Å². The first-order valence-corrected chi connectivity index (χ1v) is 5.07.